The van der Waals surface area contributed by atoms with E-state index in [0.29, 0.717) is 6.04 Å². The molecule has 0 aliphatic carbocycles. The Hall–Kier alpha value is -0.610. The van der Waals surface area contributed by atoms with Gasteiger partial charge in [0.05, 0.1) is 7.11 Å². The van der Waals surface area contributed by atoms with Crippen LogP contribution in [0.2, 0.25) is 0 Å². The van der Waals surface area contributed by atoms with E-state index in [0.717, 1.165) is 38.9 Å². The van der Waals surface area contributed by atoms with Gasteiger partial charge in [0.15, 0.2) is 0 Å². The molecule has 0 heterocycles. The van der Waals surface area contributed by atoms with E-state index in [2.05, 4.69) is 31.0 Å². The minimum Gasteiger partial charge on any atom is -0.468 e. The van der Waals surface area contributed by atoms with E-state index in [1.54, 1.807) is 0 Å². The monoisotopic (exact) mass is 286 g/mol. The van der Waals surface area contributed by atoms with Gasteiger partial charge in [-0.15, -0.1) is 0 Å². The van der Waals surface area contributed by atoms with Gasteiger partial charge in [-0.25, -0.2) is 0 Å². The Balaban J connectivity index is 4.21. The van der Waals surface area contributed by atoms with Crippen LogP contribution in [0.25, 0.3) is 0 Å². The zero-order valence-electron chi connectivity index (χ0n) is 14.3. The summed E-state index contributed by atoms with van der Waals surface area (Å²) in [5, 5.41) is 3.26. The average Bonchev–Trinajstić information content (AvgIpc) is 2.46. The molecule has 0 spiro atoms. The van der Waals surface area contributed by atoms with E-state index in [1.807, 2.05) is 13.8 Å². The maximum Gasteiger partial charge on any atom is 0.325 e. The second-order valence-corrected chi connectivity index (χ2v) is 5.70. The molecule has 20 heavy (non-hydrogen) atoms. The SMILES string of the molecule is CCNC(C)(CCCCN(CC)C(C)CC)C(=O)OC. The zero-order chi connectivity index (χ0) is 15.6. The van der Waals surface area contributed by atoms with Gasteiger partial charge in [0.1, 0.15) is 5.54 Å². The average molecular weight is 286 g/mol. The summed E-state index contributed by atoms with van der Waals surface area (Å²) >= 11 is 0. The summed E-state index contributed by atoms with van der Waals surface area (Å²) in [5.74, 6) is -0.159. The van der Waals surface area contributed by atoms with Crippen LogP contribution in [0.5, 0.6) is 0 Å². The number of carbonyl (C=O) groups excluding carboxylic acids is 1. The molecule has 4 nitrogen and oxygen atoms in total. The summed E-state index contributed by atoms with van der Waals surface area (Å²) < 4.78 is 4.91. The van der Waals surface area contributed by atoms with Gasteiger partial charge in [-0.05, 0) is 59.2 Å². The van der Waals surface area contributed by atoms with Crippen molar-refractivity contribution in [3.05, 3.63) is 0 Å². The van der Waals surface area contributed by atoms with Crippen LogP contribution in [0.4, 0.5) is 0 Å². The third-order valence-electron chi connectivity index (χ3n) is 4.20. The van der Waals surface area contributed by atoms with E-state index >= 15 is 0 Å². The summed E-state index contributed by atoms with van der Waals surface area (Å²) in [6.07, 6.45) is 4.17. The largest absolute Gasteiger partial charge is 0.468 e. The molecular weight excluding hydrogens is 252 g/mol. The lowest BCUT2D eigenvalue weighted by molar-refractivity contribution is -0.148. The molecule has 0 saturated carbocycles. The van der Waals surface area contributed by atoms with E-state index in [-0.39, 0.29) is 5.97 Å². The quantitative estimate of drug-likeness (QED) is 0.468. The molecule has 0 rings (SSSR count). The predicted molar refractivity (Wildman–Crippen MR) is 84.9 cm³/mol. The smallest absolute Gasteiger partial charge is 0.325 e. The summed E-state index contributed by atoms with van der Waals surface area (Å²) in [4.78, 5) is 14.4. The van der Waals surface area contributed by atoms with Crippen LogP contribution in [-0.4, -0.2) is 49.2 Å². The topological polar surface area (TPSA) is 41.6 Å². The number of rotatable bonds is 11. The van der Waals surface area contributed by atoms with Gasteiger partial charge < -0.3 is 15.0 Å². The Morgan fingerprint density at radius 3 is 2.40 bits per heavy atom. The summed E-state index contributed by atoms with van der Waals surface area (Å²) in [6.45, 7) is 13.7. The lowest BCUT2D eigenvalue weighted by Crippen LogP contribution is -2.50. The number of likely N-dealkylation sites (N-methyl/N-ethyl adjacent to an activating group) is 1. The van der Waals surface area contributed by atoms with Crippen molar-refractivity contribution in [2.24, 2.45) is 0 Å². The molecule has 0 fully saturated rings. The van der Waals surface area contributed by atoms with Gasteiger partial charge >= 0.3 is 5.97 Å². The maximum atomic E-state index is 11.9. The Kier molecular flexibility index (Phi) is 9.86. The van der Waals surface area contributed by atoms with Crippen LogP contribution in [0.1, 0.15) is 60.3 Å². The van der Waals surface area contributed by atoms with E-state index in [1.165, 1.54) is 13.5 Å². The minimum absolute atomic E-state index is 0.159. The molecule has 0 aromatic carbocycles. The lowest BCUT2D eigenvalue weighted by atomic mass is 9.94. The fourth-order valence-electron chi connectivity index (χ4n) is 2.62. The second-order valence-electron chi connectivity index (χ2n) is 5.70. The standard InChI is InChI=1S/C16H34N2O2/c1-7-14(4)18(9-3)13-11-10-12-16(5,17-8-2)15(19)20-6/h14,17H,7-13H2,1-6H3. The van der Waals surface area contributed by atoms with Crippen molar-refractivity contribution in [1.82, 2.24) is 10.2 Å². The van der Waals surface area contributed by atoms with Crippen molar-refractivity contribution in [1.29, 1.82) is 0 Å². The molecule has 0 amide bonds. The molecule has 0 bridgehead atoms. The van der Waals surface area contributed by atoms with Crippen molar-refractivity contribution >= 4 is 5.97 Å². The van der Waals surface area contributed by atoms with Crippen LogP contribution >= 0.6 is 0 Å². The number of methoxy groups -OCH3 is 1. The molecule has 0 aliphatic heterocycles. The number of nitrogens with zero attached hydrogens (tertiary/aromatic N) is 1. The molecule has 1 N–H and O–H groups in total. The van der Waals surface area contributed by atoms with Crippen molar-refractivity contribution < 1.29 is 9.53 Å². The third-order valence-corrected chi connectivity index (χ3v) is 4.20. The van der Waals surface area contributed by atoms with Gasteiger partial charge in [0.2, 0.25) is 0 Å². The fourth-order valence-corrected chi connectivity index (χ4v) is 2.62. The first kappa shape index (κ1) is 19.4. The number of ether oxygens (including phenoxy) is 1. The Morgan fingerprint density at radius 2 is 1.95 bits per heavy atom. The first-order chi connectivity index (χ1) is 9.45. The van der Waals surface area contributed by atoms with Crippen molar-refractivity contribution in [3.8, 4) is 0 Å². The van der Waals surface area contributed by atoms with Crippen LogP contribution in [-0.2, 0) is 9.53 Å². The van der Waals surface area contributed by atoms with Crippen LogP contribution < -0.4 is 5.32 Å². The molecule has 0 aliphatic rings. The molecule has 2 atom stereocenters. The predicted octanol–water partition coefficient (Wildman–Crippen LogP) is 2.82. The van der Waals surface area contributed by atoms with E-state index in [4.69, 9.17) is 4.74 Å². The summed E-state index contributed by atoms with van der Waals surface area (Å²) in [6, 6.07) is 0.640. The zero-order valence-corrected chi connectivity index (χ0v) is 14.3. The highest BCUT2D eigenvalue weighted by Crippen LogP contribution is 2.16. The number of hydrogen-bond acceptors (Lipinski definition) is 4. The van der Waals surface area contributed by atoms with E-state index in [9.17, 15) is 4.79 Å². The molecule has 120 valence electrons. The minimum atomic E-state index is -0.545. The first-order valence-corrected chi connectivity index (χ1v) is 8.02. The number of nitrogens with one attached hydrogen (secondary N) is 1. The molecule has 0 aromatic heterocycles. The van der Waals surface area contributed by atoms with Gasteiger partial charge in [-0.1, -0.05) is 20.8 Å². The van der Waals surface area contributed by atoms with Gasteiger partial charge in [-0.2, -0.15) is 0 Å². The number of esters is 1. The Morgan fingerprint density at radius 1 is 1.30 bits per heavy atom. The second kappa shape index (κ2) is 10.2. The van der Waals surface area contributed by atoms with Gasteiger partial charge in [0.25, 0.3) is 0 Å². The van der Waals surface area contributed by atoms with Gasteiger partial charge in [-0.3, -0.25) is 4.79 Å². The van der Waals surface area contributed by atoms with Gasteiger partial charge in [0, 0.05) is 6.04 Å². The maximum absolute atomic E-state index is 11.9. The number of hydrogen-bond donors (Lipinski definition) is 1. The Labute approximate surface area is 125 Å². The third kappa shape index (κ3) is 6.23. The Bertz CT molecular complexity index is 271. The number of unbranched alkanes of at least 4 members (excludes halogenated alkanes) is 1. The van der Waals surface area contributed by atoms with Crippen molar-refractivity contribution in [2.45, 2.75) is 71.9 Å². The summed E-state index contributed by atoms with van der Waals surface area (Å²) in [7, 11) is 1.46. The molecule has 0 radical (unpaired) electrons. The van der Waals surface area contributed by atoms with Crippen molar-refractivity contribution in [3.63, 3.8) is 0 Å². The van der Waals surface area contributed by atoms with Crippen LogP contribution in [0, 0.1) is 0 Å². The van der Waals surface area contributed by atoms with Crippen molar-refractivity contribution in [2.75, 3.05) is 26.7 Å². The first-order valence-electron chi connectivity index (χ1n) is 8.02. The molecule has 2 unspecified atom stereocenters. The highest BCUT2D eigenvalue weighted by molar-refractivity contribution is 5.80. The number of carbonyl (C=O) groups is 1. The van der Waals surface area contributed by atoms with E-state index < -0.39 is 5.54 Å². The molecular formula is C16H34N2O2. The fraction of sp³-hybridized carbons (Fsp3) is 0.938. The highest BCUT2D eigenvalue weighted by atomic mass is 16.5. The normalized spacial score (nSPS) is 15.9. The van der Waals surface area contributed by atoms with Crippen LogP contribution in [0.15, 0.2) is 0 Å². The van der Waals surface area contributed by atoms with Crippen LogP contribution in [0.3, 0.4) is 0 Å². The summed E-state index contributed by atoms with van der Waals surface area (Å²) in [5.41, 5.74) is -0.545. The molecule has 0 aromatic rings. The molecule has 4 heteroatoms. The highest BCUT2D eigenvalue weighted by Gasteiger charge is 2.32. The molecule has 0 saturated heterocycles. The lowest BCUT2D eigenvalue weighted by Gasteiger charge is -2.29.